The van der Waals surface area contributed by atoms with Gasteiger partial charge in [-0.2, -0.15) is 10.5 Å². The van der Waals surface area contributed by atoms with Crippen molar-refractivity contribution in [3.8, 4) is 39.6 Å². The average Bonchev–Trinajstić information content (AvgIpc) is 3.56. The standard InChI is InChI=1S/C33H32ClN7O4S2/c34-23-9-5-22(6-10-23)32-39-24(19-46-32)20-47-33-27(18-38)30(26(17-37)31(41-33)40-28(42)3-1-13-35)21-7-11-25(12-8-21)44-15-16-45-29(43)4-2-14-36/h5-12,19H,1-4,13-16,20,35-36H2,(H,40,41,42). The van der Waals surface area contributed by atoms with E-state index in [9.17, 15) is 20.1 Å². The van der Waals surface area contributed by atoms with Crippen molar-refractivity contribution in [2.75, 3.05) is 31.6 Å². The van der Waals surface area contributed by atoms with Crippen LogP contribution in [0.15, 0.2) is 58.9 Å². The fraction of sp³-hybridized carbons (Fsp3) is 0.273. The molecule has 2 heterocycles. The van der Waals surface area contributed by atoms with E-state index in [2.05, 4.69) is 22.4 Å². The summed E-state index contributed by atoms with van der Waals surface area (Å²) >= 11 is 8.79. The first-order valence-corrected chi connectivity index (χ1v) is 16.9. The number of halogens is 1. The summed E-state index contributed by atoms with van der Waals surface area (Å²) in [5.41, 5.74) is 13.8. The summed E-state index contributed by atoms with van der Waals surface area (Å²) in [5.74, 6) is 0.272. The van der Waals surface area contributed by atoms with Gasteiger partial charge < -0.3 is 26.3 Å². The number of pyridine rings is 1. The zero-order chi connectivity index (χ0) is 33.6. The Labute approximate surface area is 285 Å². The van der Waals surface area contributed by atoms with Crippen LogP contribution in [-0.2, 0) is 20.1 Å². The Balaban J connectivity index is 1.60. The number of nitrogens with zero attached hydrogens (tertiary/aromatic N) is 4. The molecule has 1 amide bonds. The third-order valence-corrected chi connectivity index (χ3v) is 8.80. The SMILES string of the molecule is N#Cc1c(NC(=O)CCCN)nc(SCc2csc(-c3ccc(Cl)cc3)n2)c(C#N)c1-c1ccc(OCCOC(=O)CCCN)cc1. The van der Waals surface area contributed by atoms with Gasteiger partial charge in [0.1, 0.15) is 46.7 Å². The number of esters is 1. The van der Waals surface area contributed by atoms with Crippen molar-refractivity contribution in [3.63, 3.8) is 0 Å². The fourth-order valence-corrected chi connectivity index (χ4v) is 6.25. The van der Waals surface area contributed by atoms with Crippen LogP contribution in [0.4, 0.5) is 5.82 Å². The third-order valence-electron chi connectivity index (χ3n) is 6.60. The molecule has 0 saturated carbocycles. The van der Waals surface area contributed by atoms with Crippen LogP contribution in [0.3, 0.4) is 0 Å². The van der Waals surface area contributed by atoms with Gasteiger partial charge in [-0.25, -0.2) is 9.97 Å². The molecular formula is C33H32ClN7O4S2. The number of thiazole rings is 1. The van der Waals surface area contributed by atoms with Crippen LogP contribution in [0.5, 0.6) is 5.75 Å². The van der Waals surface area contributed by atoms with Crippen LogP contribution >= 0.6 is 34.7 Å². The number of hydrogen-bond acceptors (Lipinski definition) is 12. The molecular weight excluding hydrogens is 658 g/mol. The molecule has 0 saturated heterocycles. The molecule has 47 heavy (non-hydrogen) atoms. The molecule has 0 aliphatic heterocycles. The number of anilines is 1. The zero-order valence-electron chi connectivity index (χ0n) is 25.3. The van der Waals surface area contributed by atoms with Crippen LogP contribution in [0.1, 0.15) is 42.5 Å². The van der Waals surface area contributed by atoms with E-state index in [1.807, 2.05) is 17.5 Å². The largest absolute Gasteiger partial charge is 0.490 e. The maximum Gasteiger partial charge on any atom is 0.305 e. The fourth-order valence-electron chi connectivity index (χ4n) is 4.31. The highest BCUT2D eigenvalue weighted by Gasteiger charge is 2.23. The summed E-state index contributed by atoms with van der Waals surface area (Å²) in [6.07, 6.45) is 1.43. The molecule has 0 fully saturated rings. The Hall–Kier alpha value is -4.50. The molecule has 4 rings (SSSR count). The van der Waals surface area contributed by atoms with E-state index in [1.54, 1.807) is 36.4 Å². The molecule has 0 atom stereocenters. The number of thioether (sulfide) groups is 1. The summed E-state index contributed by atoms with van der Waals surface area (Å²) in [4.78, 5) is 33.7. The van der Waals surface area contributed by atoms with Gasteiger partial charge in [-0.05, 0) is 55.8 Å². The maximum atomic E-state index is 12.7. The molecule has 14 heteroatoms. The van der Waals surface area contributed by atoms with Gasteiger partial charge in [-0.1, -0.05) is 47.6 Å². The topological polar surface area (TPSA) is 190 Å². The van der Waals surface area contributed by atoms with Gasteiger partial charge in [0.15, 0.2) is 5.82 Å². The first kappa shape index (κ1) is 35.4. The van der Waals surface area contributed by atoms with Gasteiger partial charge in [0.2, 0.25) is 5.91 Å². The highest BCUT2D eigenvalue weighted by molar-refractivity contribution is 7.98. The van der Waals surface area contributed by atoms with Crippen molar-refractivity contribution in [2.24, 2.45) is 11.5 Å². The Morgan fingerprint density at radius 1 is 0.915 bits per heavy atom. The van der Waals surface area contributed by atoms with E-state index >= 15 is 0 Å². The highest BCUT2D eigenvalue weighted by atomic mass is 35.5. The third kappa shape index (κ3) is 9.99. The van der Waals surface area contributed by atoms with E-state index in [0.717, 1.165) is 16.3 Å². The molecule has 0 bridgehead atoms. The van der Waals surface area contributed by atoms with Crippen LogP contribution < -0.4 is 21.5 Å². The van der Waals surface area contributed by atoms with Crippen LogP contribution in [0, 0.1) is 22.7 Å². The van der Waals surface area contributed by atoms with E-state index in [0.29, 0.717) is 58.6 Å². The average molecular weight is 690 g/mol. The number of nitrogens with one attached hydrogen (secondary N) is 1. The summed E-state index contributed by atoms with van der Waals surface area (Å²) in [5, 5.41) is 27.0. The lowest BCUT2D eigenvalue weighted by atomic mass is 9.96. The summed E-state index contributed by atoms with van der Waals surface area (Å²) in [7, 11) is 0. The molecule has 0 aliphatic rings. The van der Waals surface area contributed by atoms with Crippen LogP contribution in [0.25, 0.3) is 21.7 Å². The number of carbonyl (C=O) groups excluding carboxylic acids is 2. The number of nitrogens with two attached hydrogens (primary N) is 2. The summed E-state index contributed by atoms with van der Waals surface area (Å²) in [6.45, 7) is 0.978. The Morgan fingerprint density at radius 2 is 1.60 bits per heavy atom. The van der Waals surface area contributed by atoms with Crippen molar-refractivity contribution < 1.29 is 19.1 Å². The van der Waals surface area contributed by atoms with Gasteiger partial charge in [-0.3, -0.25) is 9.59 Å². The van der Waals surface area contributed by atoms with Gasteiger partial charge in [0, 0.05) is 40.1 Å². The van der Waals surface area contributed by atoms with Crippen molar-refractivity contribution in [1.29, 1.82) is 10.5 Å². The van der Waals surface area contributed by atoms with Crippen molar-refractivity contribution >= 4 is 52.4 Å². The van der Waals surface area contributed by atoms with Gasteiger partial charge in [-0.15, -0.1) is 11.3 Å². The predicted octanol–water partition coefficient (Wildman–Crippen LogP) is 5.90. The number of ether oxygens (including phenoxy) is 2. The normalized spacial score (nSPS) is 10.6. The molecule has 0 unspecified atom stereocenters. The molecule has 2 aromatic heterocycles. The molecule has 4 aromatic rings. The van der Waals surface area contributed by atoms with E-state index in [4.69, 9.17) is 37.5 Å². The summed E-state index contributed by atoms with van der Waals surface area (Å²) < 4.78 is 10.8. The molecule has 2 aromatic carbocycles. The number of carbonyl (C=O) groups is 2. The molecule has 0 aliphatic carbocycles. The Kier molecular flexibility index (Phi) is 13.5. The van der Waals surface area contributed by atoms with Crippen LogP contribution in [0.2, 0.25) is 5.02 Å². The molecule has 242 valence electrons. The number of nitriles is 2. The van der Waals surface area contributed by atoms with Gasteiger partial charge >= 0.3 is 5.97 Å². The molecule has 0 radical (unpaired) electrons. The number of aromatic nitrogens is 2. The second-order valence-electron chi connectivity index (χ2n) is 9.98. The molecule has 5 N–H and O–H groups in total. The lowest BCUT2D eigenvalue weighted by Gasteiger charge is -2.16. The summed E-state index contributed by atoms with van der Waals surface area (Å²) in [6, 6.07) is 18.6. The van der Waals surface area contributed by atoms with Gasteiger partial charge in [0.05, 0.1) is 11.3 Å². The quantitative estimate of drug-likeness (QED) is 0.0721. The lowest BCUT2D eigenvalue weighted by Crippen LogP contribution is -2.16. The minimum Gasteiger partial charge on any atom is -0.490 e. The lowest BCUT2D eigenvalue weighted by molar-refractivity contribution is -0.144. The number of rotatable bonds is 16. The van der Waals surface area contributed by atoms with E-state index in [1.165, 1.54) is 23.1 Å². The predicted molar refractivity (Wildman–Crippen MR) is 183 cm³/mol. The van der Waals surface area contributed by atoms with E-state index in [-0.39, 0.29) is 54.9 Å². The number of amides is 1. The first-order valence-electron chi connectivity index (χ1n) is 14.7. The van der Waals surface area contributed by atoms with Crippen molar-refractivity contribution in [1.82, 2.24) is 9.97 Å². The Bertz CT molecular complexity index is 1770. The second kappa shape index (κ2) is 18.0. The zero-order valence-corrected chi connectivity index (χ0v) is 27.7. The highest BCUT2D eigenvalue weighted by Crippen LogP contribution is 2.38. The second-order valence-corrected chi connectivity index (χ2v) is 12.2. The van der Waals surface area contributed by atoms with E-state index < -0.39 is 0 Å². The maximum absolute atomic E-state index is 12.7. The number of hydrogen-bond donors (Lipinski definition) is 3. The molecule has 11 nitrogen and oxygen atoms in total. The van der Waals surface area contributed by atoms with Crippen molar-refractivity contribution in [3.05, 3.63) is 75.8 Å². The van der Waals surface area contributed by atoms with Crippen LogP contribution in [-0.4, -0.2) is 48.1 Å². The van der Waals surface area contributed by atoms with Crippen molar-refractivity contribution in [2.45, 2.75) is 36.5 Å². The smallest absolute Gasteiger partial charge is 0.305 e. The molecule has 0 spiro atoms. The minimum atomic E-state index is -0.342. The minimum absolute atomic E-state index is 0.0583. The van der Waals surface area contributed by atoms with Gasteiger partial charge in [0.25, 0.3) is 0 Å². The first-order chi connectivity index (χ1) is 22.9. The number of benzene rings is 2. The Morgan fingerprint density at radius 3 is 2.28 bits per heavy atom. The monoisotopic (exact) mass is 689 g/mol.